The first-order valence-electron chi connectivity index (χ1n) is 14.6. The van der Waals surface area contributed by atoms with Crippen LogP contribution in [0.25, 0.3) is 10.9 Å². The molecule has 1 aromatic carbocycles. The number of amides is 2. The molecule has 0 bridgehead atoms. The zero-order valence-electron chi connectivity index (χ0n) is 23.0. The third-order valence-electron chi connectivity index (χ3n) is 10.1. The van der Waals surface area contributed by atoms with Gasteiger partial charge < -0.3 is 19.9 Å². The number of methoxy groups -OCH3 is 1. The Morgan fingerprint density at radius 3 is 2.72 bits per heavy atom. The molecule has 1 saturated heterocycles. The van der Waals surface area contributed by atoms with Crippen LogP contribution in [0.5, 0.6) is 5.75 Å². The van der Waals surface area contributed by atoms with Crippen molar-refractivity contribution >= 4 is 34.3 Å². The van der Waals surface area contributed by atoms with Crippen molar-refractivity contribution in [1.82, 2.24) is 15.2 Å². The monoisotopic (exact) mass is 533 g/mol. The van der Waals surface area contributed by atoms with Crippen LogP contribution in [-0.4, -0.2) is 59.0 Å². The lowest BCUT2D eigenvalue weighted by molar-refractivity contribution is -0.133. The normalized spacial score (nSPS) is 27.9. The lowest BCUT2D eigenvalue weighted by atomic mass is 9.76. The van der Waals surface area contributed by atoms with Crippen molar-refractivity contribution in [1.29, 1.82) is 0 Å². The third kappa shape index (κ3) is 4.76. The van der Waals surface area contributed by atoms with E-state index < -0.39 is 12.1 Å². The van der Waals surface area contributed by atoms with Crippen LogP contribution in [0.1, 0.15) is 81.6 Å². The van der Waals surface area contributed by atoms with Gasteiger partial charge in [-0.3, -0.25) is 19.2 Å². The predicted molar refractivity (Wildman–Crippen MR) is 146 cm³/mol. The minimum atomic E-state index is -0.695. The van der Waals surface area contributed by atoms with Crippen molar-refractivity contribution in [3.05, 3.63) is 30.0 Å². The van der Waals surface area contributed by atoms with E-state index in [0.29, 0.717) is 37.3 Å². The average molecular weight is 534 g/mol. The Balaban J connectivity index is 1.22. The number of nitrogens with one attached hydrogen (secondary N) is 2. The summed E-state index contributed by atoms with van der Waals surface area (Å²) in [7, 11) is 1.60. The molecular weight excluding hydrogens is 494 g/mol. The number of likely N-dealkylation sites (tertiary alicyclic amines) is 1. The van der Waals surface area contributed by atoms with Crippen molar-refractivity contribution in [3.63, 3.8) is 0 Å². The largest absolute Gasteiger partial charge is 0.496 e. The lowest BCUT2D eigenvalue weighted by Crippen LogP contribution is -2.53. The number of aromatic nitrogens is 1. The van der Waals surface area contributed by atoms with E-state index in [0.717, 1.165) is 55.8 Å². The van der Waals surface area contributed by atoms with Crippen LogP contribution in [-0.2, 0) is 14.4 Å². The maximum atomic E-state index is 13.9. The molecular formula is C31H39N3O5. The van der Waals surface area contributed by atoms with Crippen LogP contribution in [0.4, 0.5) is 0 Å². The maximum absolute atomic E-state index is 13.9. The molecule has 1 aromatic heterocycles. The second-order valence-corrected chi connectivity index (χ2v) is 12.4. The number of hydrogen-bond donors (Lipinski definition) is 2. The van der Waals surface area contributed by atoms with Crippen molar-refractivity contribution in [2.45, 2.75) is 83.2 Å². The van der Waals surface area contributed by atoms with Gasteiger partial charge in [-0.25, -0.2) is 0 Å². The van der Waals surface area contributed by atoms with Crippen molar-refractivity contribution in [2.24, 2.45) is 23.2 Å². The molecule has 1 spiro atoms. The number of carbonyl (C=O) groups excluding carboxylic acids is 4. The molecule has 8 heteroatoms. The second-order valence-electron chi connectivity index (χ2n) is 12.4. The van der Waals surface area contributed by atoms with Crippen molar-refractivity contribution in [3.8, 4) is 5.75 Å². The standard InChI is InChI=1S/C31H39N3O5/c1-3-25(35)23(14-18-10-11-31(12-13-31)16-26(18)36)33-29(37)28-20-7-4-6-19(20)17-34(28)30(38)24-15-21-22(32-24)8-5-9-27(21)39-2/h5,8-9,15,18-20,23,28,32H,3-4,6-7,10-14,16-17H2,1-2H3,(H,33,37)/t18-,19-,20-,23-,28-/m0/s1. The summed E-state index contributed by atoms with van der Waals surface area (Å²) in [6, 6.07) is 6.10. The smallest absolute Gasteiger partial charge is 0.271 e. The van der Waals surface area contributed by atoms with Crippen molar-refractivity contribution < 1.29 is 23.9 Å². The van der Waals surface area contributed by atoms with Crippen LogP contribution < -0.4 is 10.1 Å². The summed E-state index contributed by atoms with van der Waals surface area (Å²) >= 11 is 0. The Morgan fingerprint density at radius 2 is 2.00 bits per heavy atom. The van der Waals surface area contributed by atoms with Crippen LogP contribution in [0, 0.1) is 23.2 Å². The summed E-state index contributed by atoms with van der Waals surface area (Å²) in [5.74, 6) is 0.572. The zero-order chi connectivity index (χ0) is 27.3. The number of H-pyrrole nitrogens is 1. The van der Waals surface area contributed by atoms with Gasteiger partial charge in [-0.05, 0) is 80.4 Å². The summed E-state index contributed by atoms with van der Waals surface area (Å²) in [5.41, 5.74) is 1.46. The highest BCUT2D eigenvalue weighted by atomic mass is 16.5. The number of aromatic amines is 1. The van der Waals surface area contributed by atoms with E-state index in [9.17, 15) is 19.2 Å². The fourth-order valence-electron chi connectivity index (χ4n) is 7.58. The summed E-state index contributed by atoms with van der Waals surface area (Å²) in [6.07, 6.45) is 8.31. The van der Waals surface area contributed by atoms with Crippen LogP contribution in [0.2, 0.25) is 0 Å². The summed E-state index contributed by atoms with van der Waals surface area (Å²) in [5, 5.41) is 3.86. The van der Waals surface area contributed by atoms with E-state index in [4.69, 9.17) is 4.74 Å². The number of Topliss-reactive ketones (excluding diaryl/α,β-unsaturated/α-hetero) is 2. The second kappa shape index (κ2) is 10.1. The summed E-state index contributed by atoms with van der Waals surface area (Å²) < 4.78 is 5.46. The Hall–Kier alpha value is -3.16. The van der Waals surface area contributed by atoms with Gasteiger partial charge in [-0.2, -0.15) is 0 Å². The Kier molecular flexibility index (Phi) is 6.76. The van der Waals surface area contributed by atoms with E-state index in [-0.39, 0.29) is 46.5 Å². The highest BCUT2D eigenvalue weighted by molar-refractivity contribution is 6.02. The Morgan fingerprint density at radius 1 is 1.18 bits per heavy atom. The first kappa shape index (κ1) is 26.1. The van der Waals surface area contributed by atoms with E-state index in [1.165, 1.54) is 0 Å². The first-order chi connectivity index (χ1) is 18.8. The van der Waals surface area contributed by atoms with Gasteiger partial charge in [0.15, 0.2) is 5.78 Å². The molecule has 3 saturated carbocycles. The third-order valence-corrected chi connectivity index (χ3v) is 10.1. The minimum Gasteiger partial charge on any atom is -0.496 e. The van der Waals surface area contributed by atoms with Gasteiger partial charge in [0.05, 0.1) is 13.2 Å². The van der Waals surface area contributed by atoms with Gasteiger partial charge in [0.25, 0.3) is 5.91 Å². The molecule has 0 unspecified atom stereocenters. The lowest BCUT2D eigenvalue weighted by Gasteiger charge is -2.32. The van der Waals surface area contributed by atoms with Gasteiger partial charge in [-0.15, -0.1) is 0 Å². The molecule has 8 nitrogen and oxygen atoms in total. The maximum Gasteiger partial charge on any atom is 0.271 e. The molecule has 2 amide bonds. The van der Waals surface area contributed by atoms with E-state index in [1.807, 2.05) is 18.2 Å². The Labute approximate surface area is 229 Å². The molecule has 6 rings (SSSR count). The molecule has 0 radical (unpaired) electrons. The number of benzene rings is 1. The molecule has 2 aromatic rings. The molecule has 2 N–H and O–H groups in total. The zero-order valence-corrected chi connectivity index (χ0v) is 23.0. The van der Waals surface area contributed by atoms with Crippen LogP contribution in [0.3, 0.4) is 0 Å². The van der Waals surface area contributed by atoms with Gasteiger partial charge >= 0.3 is 0 Å². The van der Waals surface area contributed by atoms with Gasteiger partial charge in [0.1, 0.15) is 23.3 Å². The number of carbonyl (C=O) groups is 4. The molecule has 3 aliphatic carbocycles. The quantitative estimate of drug-likeness (QED) is 0.522. The SMILES string of the molecule is CCC(=O)[C@H](C[C@@H]1CCC2(CC2)CC1=O)NC(=O)[C@@H]1[C@H]2CCC[C@H]2CN1C(=O)c1cc2c(OC)cccc2[nH]1. The molecule has 5 atom stereocenters. The Bertz CT molecular complexity index is 1310. The van der Waals surface area contributed by atoms with E-state index >= 15 is 0 Å². The predicted octanol–water partition coefficient (Wildman–Crippen LogP) is 4.42. The molecule has 208 valence electrons. The topological polar surface area (TPSA) is 109 Å². The fourth-order valence-corrected chi connectivity index (χ4v) is 7.58. The van der Waals surface area contributed by atoms with E-state index in [2.05, 4.69) is 10.3 Å². The number of ether oxygens (including phenoxy) is 1. The number of fused-ring (bicyclic) bond motifs is 2. The molecule has 39 heavy (non-hydrogen) atoms. The van der Waals surface area contributed by atoms with Crippen molar-refractivity contribution in [2.75, 3.05) is 13.7 Å². The number of ketones is 2. The minimum absolute atomic E-state index is 0.0515. The molecule has 1 aliphatic heterocycles. The van der Waals surface area contributed by atoms with E-state index in [1.54, 1.807) is 25.0 Å². The highest BCUT2D eigenvalue weighted by Crippen LogP contribution is 2.56. The van der Waals surface area contributed by atoms with Gasteiger partial charge in [0, 0.05) is 36.2 Å². The average Bonchev–Trinajstić information content (AvgIpc) is 3.28. The molecule has 4 fully saturated rings. The van der Waals surface area contributed by atoms with Gasteiger partial charge in [-0.1, -0.05) is 19.4 Å². The van der Waals surface area contributed by atoms with Crippen LogP contribution in [0.15, 0.2) is 24.3 Å². The molecule has 2 heterocycles. The first-order valence-corrected chi connectivity index (χ1v) is 14.6. The number of hydrogen-bond acceptors (Lipinski definition) is 5. The van der Waals surface area contributed by atoms with Crippen LogP contribution >= 0.6 is 0 Å². The number of rotatable bonds is 8. The summed E-state index contributed by atoms with van der Waals surface area (Å²) in [4.78, 5) is 58.6. The highest BCUT2D eigenvalue weighted by Gasteiger charge is 2.51. The number of nitrogens with zero attached hydrogens (tertiary/aromatic N) is 1. The molecule has 4 aliphatic rings. The fraction of sp³-hybridized carbons (Fsp3) is 0.613. The summed E-state index contributed by atoms with van der Waals surface area (Å²) in [6.45, 7) is 2.33. The van der Waals surface area contributed by atoms with Gasteiger partial charge in [0.2, 0.25) is 5.91 Å².